The molecule has 2 heterocycles. The number of rotatable bonds is 3. The first-order valence-electron chi connectivity index (χ1n) is 9.03. The van der Waals surface area contributed by atoms with Crippen LogP contribution in [0.4, 0.5) is 5.82 Å². The van der Waals surface area contributed by atoms with E-state index in [2.05, 4.69) is 66.2 Å². The Hall–Kier alpha value is -2.29. The van der Waals surface area contributed by atoms with E-state index in [1.165, 1.54) is 48.8 Å². The van der Waals surface area contributed by atoms with Crippen LogP contribution in [0.5, 0.6) is 0 Å². The Labute approximate surface area is 143 Å². The molecule has 0 spiro atoms. The lowest BCUT2D eigenvalue weighted by molar-refractivity contribution is 0.462. The van der Waals surface area contributed by atoms with Crippen LogP contribution in [-0.2, 0) is 0 Å². The normalized spacial score (nSPS) is 15.8. The summed E-state index contributed by atoms with van der Waals surface area (Å²) >= 11 is 0. The molecule has 1 aliphatic rings. The third-order valence-electron chi connectivity index (χ3n) is 5.04. The maximum Gasteiger partial charge on any atom is 0.139 e. The zero-order chi connectivity index (χ0) is 16.5. The van der Waals surface area contributed by atoms with Gasteiger partial charge in [0, 0.05) is 17.8 Å². The van der Waals surface area contributed by atoms with Crippen LogP contribution in [0.15, 0.2) is 42.6 Å². The number of imidazole rings is 1. The average molecular weight is 319 g/mol. The number of pyridine rings is 1. The molecule has 1 saturated carbocycles. The van der Waals surface area contributed by atoms with Crippen molar-refractivity contribution in [2.75, 3.05) is 5.32 Å². The number of anilines is 1. The molecule has 0 atom stereocenters. The second-order valence-corrected chi connectivity index (χ2v) is 7.09. The maximum atomic E-state index is 4.92. The minimum absolute atomic E-state index is 0.559. The third-order valence-corrected chi connectivity index (χ3v) is 5.04. The summed E-state index contributed by atoms with van der Waals surface area (Å²) in [5, 5.41) is 3.81. The van der Waals surface area contributed by atoms with Crippen LogP contribution in [0.3, 0.4) is 0 Å². The van der Waals surface area contributed by atoms with E-state index in [4.69, 9.17) is 4.98 Å². The summed E-state index contributed by atoms with van der Waals surface area (Å²) < 4.78 is 2.22. The van der Waals surface area contributed by atoms with E-state index in [-0.39, 0.29) is 0 Å². The van der Waals surface area contributed by atoms with Gasteiger partial charge in [0.25, 0.3) is 0 Å². The largest absolute Gasteiger partial charge is 0.367 e. The van der Waals surface area contributed by atoms with Crippen molar-refractivity contribution in [1.29, 1.82) is 0 Å². The number of nitrogens with zero attached hydrogens (tertiary/aromatic N) is 2. The summed E-state index contributed by atoms with van der Waals surface area (Å²) in [6, 6.07) is 13.5. The van der Waals surface area contributed by atoms with Crippen molar-refractivity contribution in [3.63, 3.8) is 0 Å². The van der Waals surface area contributed by atoms with Crippen molar-refractivity contribution < 1.29 is 0 Å². The zero-order valence-electron chi connectivity index (χ0n) is 14.5. The maximum absolute atomic E-state index is 4.92. The van der Waals surface area contributed by atoms with Gasteiger partial charge in [-0.3, -0.25) is 4.40 Å². The van der Waals surface area contributed by atoms with E-state index >= 15 is 0 Å². The molecule has 3 aromatic rings. The highest BCUT2D eigenvalue weighted by atomic mass is 15.1. The monoisotopic (exact) mass is 319 g/mol. The van der Waals surface area contributed by atoms with E-state index in [0.29, 0.717) is 6.04 Å². The topological polar surface area (TPSA) is 29.3 Å². The average Bonchev–Trinajstić information content (AvgIpc) is 2.94. The molecule has 0 amide bonds. The van der Waals surface area contributed by atoms with Crippen LogP contribution in [0.1, 0.15) is 43.2 Å². The van der Waals surface area contributed by atoms with Crippen molar-refractivity contribution in [2.45, 2.75) is 52.0 Å². The Balaban J connectivity index is 1.81. The van der Waals surface area contributed by atoms with Crippen LogP contribution in [0.2, 0.25) is 0 Å². The Bertz CT molecular complexity index is 839. The molecule has 0 radical (unpaired) electrons. The molecule has 1 aromatic carbocycles. The molecule has 0 unspecified atom stereocenters. The minimum atomic E-state index is 0.559. The minimum Gasteiger partial charge on any atom is -0.367 e. The number of aromatic nitrogens is 2. The fraction of sp³-hybridized carbons (Fsp3) is 0.381. The highest BCUT2D eigenvalue weighted by molar-refractivity contribution is 5.77. The van der Waals surface area contributed by atoms with Crippen LogP contribution >= 0.6 is 0 Å². The van der Waals surface area contributed by atoms with E-state index in [1.54, 1.807) is 0 Å². The van der Waals surface area contributed by atoms with Gasteiger partial charge in [0.1, 0.15) is 17.2 Å². The lowest BCUT2D eigenvalue weighted by atomic mass is 9.95. The Kier molecular flexibility index (Phi) is 4.01. The van der Waals surface area contributed by atoms with Gasteiger partial charge in [0.2, 0.25) is 0 Å². The standard InChI is InChI=1S/C21H25N3/c1-15-8-11-17(12-9-15)20-21(22-18-6-4-3-5-7-18)24-14-16(2)10-13-19(24)23-20/h8-14,18,22H,3-7H2,1-2H3. The van der Waals surface area contributed by atoms with Crippen molar-refractivity contribution in [3.05, 3.63) is 53.7 Å². The molecular weight excluding hydrogens is 294 g/mol. The molecule has 24 heavy (non-hydrogen) atoms. The van der Waals surface area contributed by atoms with E-state index in [9.17, 15) is 0 Å². The van der Waals surface area contributed by atoms with Gasteiger partial charge >= 0.3 is 0 Å². The highest BCUT2D eigenvalue weighted by Gasteiger charge is 2.19. The summed E-state index contributed by atoms with van der Waals surface area (Å²) in [6.07, 6.45) is 8.72. The molecule has 124 valence electrons. The fourth-order valence-corrected chi connectivity index (χ4v) is 3.64. The number of benzene rings is 1. The van der Waals surface area contributed by atoms with Gasteiger partial charge in [-0.05, 0) is 38.3 Å². The first-order chi connectivity index (χ1) is 11.7. The molecule has 1 N–H and O–H groups in total. The van der Waals surface area contributed by atoms with Crippen molar-refractivity contribution in [3.8, 4) is 11.3 Å². The lowest BCUT2D eigenvalue weighted by Crippen LogP contribution is -2.23. The van der Waals surface area contributed by atoms with E-state index in [0.717, 1.165) is 17.2 Å². The van der Waals surface area contributed by atoms with Crippen LogP contribution < -0.4 is 5.32 Å². The summed E-state index contributed by atoms with van der Waals surface area (Å²) in [4.78, 5) is 4.92. The first-order valence-corrected chi connectivity index (χ1v) is 9.03. The molecule has 3 heteroatoms. The smallest absolute Gasteiger partial charge is 0.139 e. The third kappa shape index (κ3) is 2.91. The molecular formula is C21H25N3. The number of fused-ring (bicyclic) bond motifs is 1. The lowest BCUT2D eigenvalue weighted by Gasteiger charge is -2.24. The number of hydrogen-bond donors (Lipinski definition) is 1. The molecule has 0 saturated heterocycles. The van der Waals surface area contributed by atoms with Gasteiger partial charge in [-0.2, -0.15) is 0 Å². The Morgan fingerprint density at radius 2 is 1.62 bits per heavy atom. The highest BCUT2D eigenvalue weighted by Crippen LogP contribution is 2.31. The van der Waals surface area contributed by atoms with Gasteiger partial charge in [-0.1, -0.05) is 55.2 Å². The summed E-state index contributed by atoms with van der Waals surface area (Å²) in [6.45, 7) is 4.26. The molecule has 2 aromatic heterocycles. The first kappa shape index (κ1) is 15.3. The van der Waals surface area contributed by atoms with E-state index in [1.807, 2.05) is 0 Å². The van der Waals surface area contributed by atoms with Gasteiger partial charge in [0.05, 0.1) is 0 Å². The SMILES string of the molecule is Cc1ccc(-c2nc3ccc(C)cn3c2NC2CCCCC2)cc1. The van der Waals surface area contributed by atoms with Gasteiger partial charge in [-0.25, -0.2) is 4.98 Å². The van der Waals surface area contributed by atoms with Crippen LogP contribution in [0.25, 0.3) is 16.9 Å². The fourth-order valence-electron chi connectivity index (χ4n) is 3.64. The van der Waals surface area contributed by atoms with Crippen LogP contribution in [-0.4, -0.2) is 15.4 Å². The predicted molar refractivity (Wildman–Crippen MR) is 101 cm³/mol. The molecule has 1 aliphatic carbocycles. The van der Waals surface area contributed by atoms with Crippen LogP contribution in [0, 0.1) is 13.8 Å². The number of aryl methyl sites for hydroxylation is 2. The Morgan fingerprint density at radius 3 is 2.38 bits per heavy atom. The number of nitrogens with one attached hydrogen (secondary N) is 1. The number of hydrogen-bond acceptors (Lipinski definition) is 2. The zero-order valence-corrected chi connectivity index (χ0v) is 14.5. The second-order valence-electron chi connectivity index (χ2n) is 7.09. The van der Waals surface area contributed by atoms with Gasteiger partial charge in [0.15, 0.2) is 0 Å². The molecule has 3 nitrogen and oxygen atoms in total. The van der Waals surface area contributed by atoms with Gasteiger partial charge in [-0.15, -0.1) is 0 Å². The second kappa shape index (κ2) is 6.31. The van der Waals surface area contributed by atoms with Crippen molar-refractivity contribution in [1.82, 2.24) is 9.38 Å². The summed E-state index contributed by atoms with van der Waals surface area (Å²) in [5.41, 5.74) is 5.78. The van der Waals surface area contributed by atoms with E-state index < -0.39 is 0 Å². The van der Waals surface area contributed by atoms with Crippen molar-refractivity contribution >= 4 is 11.5 Å². The molecule has 0 bridgehead atoms. The summed E-state index contributed by atoms with van der Waals surface area (Å²) in [7, 11) is 0. The van der Waals surface area contributed by atoms with Crippen molar-refractivity contribution in [2.24, 2.45) is 0 Å². The molecule has 0 aliphatic heterocycles. The molecule has 4 rings (SSSR count). The van der Waals surface area contributed by atoms with Gasteiger partial charge < -0.3 is 5.32 Å². The quantitative estimate of drug-likeness (QED) is 0.704. The Morgan fingerprint density at radius 1 is 0.917 bits per heavy atom. The molecule has 1 fully saturated rings. The predicted octanol–water partition coefficient (Wildman–Crippen LogP) is 5.36. The summed E-state index contributed by atoms with van der Waals surface area (Å²) in [5.74, 6) is 1.14.